The Kier molecular flexibility index (Phi) is 6.46. The summed E-state index contributed by atoms with van der Waals surface area (Å²) in [6.45, 7) is 1.78. The van der Waals surface area contributed by atoms with Gasteiger partial charge in [-0.15, -0.1) is 0 Å². The first-order chi connectivity index (χ1) is 11.4. The molecule has 0 aliphatic heterocycles. The second kappa shape index (κ2) is 8.36. The molecule has 0 atom stereocenters. The Hall–Kier alpha value is -1.78. The molecular formula is C19H23F3O2. The third-order valence-corrected chi connectivity index (χ3v) is 4.50. The number of aryl methyl sites for hydroxylation is 1. The number of ether oxygens (including phenoxy) is 1. The highest BCUT2D eigenvalue weighted by Crippen LogP contribution is 2.31. The smallest absolute Gasteiger partial charge is 0.416 e. The topological polar surface area (TPSA) is 26.3 Å². The monoisotopic (exact) mass is 340 g/mol. The van der Waals surface area contributed by atoms with Gasteiger partial charge in [0.25, 0.3) is 0 Å². The maximum atomic E-state index is 12.5. The van der Waals surface area contributed by atoms with Crippen molar-refractivity contribution in [3.63, 3.8) is 0 Å². The Morgan fingerprint density at radius 3 is 2.33 bits per heavy atom. The molecule has 0 radical (unpaired) electrons. The van der Waals surface area contributed by atoms with Crippen LogP contribution in [0, 0.1) is 5.92 Å². The Labute approximate surface area is 140 Å². The van der Waals surface area contributed by atoms with Crippen molar-refractivity contribution in [1.82, 2.24) is 0 Å². The quantitative estimate of drug-likeness (QED) is 0.536. The zero-order valence-corrected chi connectivity index (χ0v) is 13.8. The molecule has 0 saturated heterocycles. The van der Waals surface area contributed by atoms with Gasteiger partial charge in [0, 0.05) is 6.08 Å². The Balaban J connectivity index is 1.73. The van der Waals surface area contributed by atoms with Crippen LogP contribution in [0.4, 0.5) is 13.2 Å². The minimum absolute atomic E-state index is 0.00369. The van der Waals surface area contributed by atoms with E-state index in [9.17, 15) is 18.0 Å². The second-order valence-corrected chi connectivity index (χ2v) is 6.31. The van der Waals surface area contributed by atoms with Crippen LogP contribution in [0.2, 0.25) is 0 Å². The lowest BCUT2D eigenvalue weighted by atomic mass is 9.83. The fourth-order valence-electron chi connectivity index (χ4n) is 3.11. The summed E-state index contributed by atoms with van der Waals surface area (Å²) >= 11 is 0. The van der Waals surface area contributed by atoms with Crippen molar-refractivity contribution >= 4 is 5.97 Å². The average molecular weight is 340 g/mol. The Bertz CT molecular complexity index is 553. The molecule has 5 heteroatoms. The maximum Gasteiger partial charge on any atom is 0.416 e. The number of halogens is 3. The average Bonchev–Trinajstić information content (AvgIpc) is 2.54. The lowest BCUT2D eigenvalue weighted by Crippen LogP contribution is -2.24. The largest absolute Gasteiger partial charge is 0.459 e. The van der Waals surface area contributed by atoms with Crippen molar-refractivity contribution in [2.24, 2.45) is 5.92 Å². The fourth-order valence-corrected chi connectivity index (χ4v) is 3.11. The molecule has 1 saturated carbocycles. The standard InChI is InChI=1S/C19H23F3O2/c1-2-3-18(23)24-17-12-8-15(9-13-17)5-4-14-6-10-16(11-7-14)19(20,21)22/h2-3,6-7,10-11,15,17H,4-5,8-9,12-13H2,1H3. The van der Waals surface area contributed by atoms with Gasteiger partial charge in [0.2, 0.25) is 0 Å². The van der Waals surface area contributed by atoms with Crippen molar-refractivity contribution in [3.8, 4) is 0 Å². The summed E-state index contributed by atoms with van der Waals surface area (Å²) in [4.78, 5) is 11.4. The van der Waals surface area contributed by atoms with E-state index in [0.29, 0.717) is 5.92 Å². The van der Waals surface area contributed by atoms with E-state index in [0.717, 1.165) is 56.2 Å². The van der Waals surface area contributed by atoms with Gasteiger partial charge in [0.05, 0.1) is 5.56 Å². The van der Waals surface area contributed by atoms with Gasteiger partial charge in [-0.1, -0.05) is 18.2 Å². The highest BCUT2D eigenvalue weighted by atomic mass is 19.4. The van der Waals surface area contributed by atoms with Crippen molar-refractivity contribution in [3.05, 3.63) is 47.5 Å². The Morgan fingerprint density at radius 1 is 1.17 bits per heavy atom. The van der Waals surface area contributed by atoms with Gasteiger partial charge in [-0.25, -0.2) is 4.79 Å². The highest BCUT2D eigenvalue weighted by Gasteiger charge is 2.30. The van der Waals surface area contributed by atoms with Crippen LogP contribution in [-0.4, -0.2) is 12.1 Å². The number of benzene rings is 1. The number of hydrogen-bond donors (Lipinski definition) is 0. The van der Waals surface area contributed by atoms with Gasteiger partial charge in [-0.05, 0) is 69.1 Å². The van der Waals surface area contributed by atoms with Crippen molar-refractivity contribution in [2.75, 3.05) is 0 Å². The molecule has 1 aliphatic carbocycles. The fraction of sp³-hybridized carbons (Fsp3) is 0.526. The first-order valence-corrected chi connectivity index (χ1v) is 8.38. The van der Waals surface area contributed by atoms with Crippen molar-refractivity contribution in [1.29, 1.82) is 0 Å². The van der Waals surface area contributed by atoms with Crippen molar-refractivity contribution in [2.45, 2.75) is 57.7 Å². The predicted molar refractivity (Wildman–Crippen MR) is 86.4 cm³/mol. The normalized spacial score (nSPS) is 21.8. The van der Waals surface area contributed by atoms with Gasteiger partial charge < -0.3 is 4.74 Å². The third kappa shape index (κ3) is 5.69. The molecule has 0 aromatic heterocycles. The van der Waals surface area contributed by atoms with Gasteiger partial charge in [-0.3, -0.25) is 0 Å². The number of rotatable bonds is 5. The van der Waals surface area contributed by atoms with Crippen molar-refractivity contribution < 1.29 is 22.7 Å². The van der Waals surface area contributed by atoms with Crippen LogP contribution < -0.4 is 0 Å². The maximum absolute atomic E-state index is 12.5. The number of alkyl halides is 3. The molecule has 1 aromatic carbocycles. The third-order valence-electron chi connectivity index (χ3n) is 4.50. The molecule has 0 unspecified atom stereocenters. The number of esters is 1. The van der Waals surface area contributed by atoms with E-state index in [2.05, 4.69) is 0 Å². The Morgan fingerprint density at radius 2 is 1.79 bits per heavy atom. The summed E-state index contributed by atoms with van der Waals surface area (Å²) < 4.78 is 43.0. The van der Waals surface area contributed by atoms with Crippen LogP contribution in [0.3, 0.4) is 0 Å². The second-order valence-electron chi connectivity index (χ2n) is 6.31. The zero-order chi connectivity index (χ0) is 17.6. The highest BCUT2D eigenvalue weighted by molar-refractivity contribution is 5.81. The van der Waals surface area contributed by atoms with E-state index in [4.69, 9.17) is 4.74 Å². The molecule has 1 fully saturated rings. The number of hydrogen-bond acceptors (Lipinski definition) is 2. The lowest BCUT2D eigenvalue weighted by molar-refractivity contribution is -0.144. The summed E-state index contributed by atoms with van der Waals surface area (Å²) in [7, 11) is 0. The summed E-state index contributed by atoms with van der Waals surface area (Å²) in [6, 6.07) is 5.42. The van der Waals surface area contributed by atoms with Crippen LogP contribution in [-0.2, 0) is 22.1 Å². The molecule has 0 amide bonds. The first kappa shape index (κ1) is 18.6. The number of carbonyl (C=O) groups is 1. The summed E-state index contributed by atoms with van der Waals surface area (Å²) in [5, 5.41) is 0. The van der Waals surface area contributed by atoms with Gasteiger partial charge in [0.15, 0.2) is 0 Å². The summed E-state index contributed by atoms with van der Waals surface area (Å²) in [6.07, 6.45) is 4.27. The van der Waals surface area contributed by atoms with E-state index < -0.39 is 11.7 Å². The molecule has 2 rings (SSSR count). The number of carbonyl (C=O) groups excluding carboxylic acids is 1. The summed E-state index contributed by atoms with van der Waals surface area (Å²) in [5.41, 5.74) is 0.333. The molecule has 0 spiro atoms. The molecule has 1 aliphatic rings. The van der Waals surface area contributed by atoms with Gasteiger partial charge >= 0.3 is 12.1 Å². The zero-order valence-electron chi connectivity index (χ0n) is 13.8. The van der Waals surface area contributed by atoms with E-state index in [-0.39, 0.29) is 12.1 Å². The molecule has 24 heavy (non-hydrogen) atoms. The minimum atomic E-state index is -4.28. The first-order valence-electron chi connectivity index (χ1n) is 8.38. The SMILES string of the molecule is CC=CC(=O)OC1CCC(CCc2ccc(C(F)(F)F)cc2)CC1. The van der Waals surface area contributed by atoms with Gasteiger partial charge in [-0.2, -0.15) is 13.2 Å². The molecule has 1 aromatic rings. The number of allylic oxidation sites excluding steroid dienone is 1. The predicted octanol–water partition coefficient (Wildman–Crippen LogP) is 5.32. The molecule has 0 N–H and O–H groups in total. The molecular weight excluding hydrogens is 317 g/mol. The molecule has 2 nitrogen and oxygen atoms in total. The van der Waals surface area contributed by atoms with Crippen LogP contribution in [0.5, 0.6) is 0 Å². The van der Waals surface area contributed by atoms with E-state index >= 15 is 0 Å². The van der Waals surface area contributed by atoms with Crippen LogP contribution >= 0.6 is 0 Å². The van der Waals surface area contributed by atoms with Gasteiger partial charge in [0.1, 0.15) is 6.10 Å². The lowest BCUT2D eigenvalue weighted by Gasteiger charge is -2.28. The van der Waals surface area contributed by atoms with E-state index in [1.807, 2.05) is 0 Å². The molecule has 0 bridgehead atoms. The van der Waals surface area contributed by atoms with Crippen LogP contribution in [0.15, 0.2) is 36.4 Å². The van der Waals surface area contributed by atoms with Crippen LogP contribution in [0.1, 0.15) is 50.2 Å². The van der Waals surface area contributed by atoms with Crippen LogP contribution in [0.25, 0.3) is 0 Å². The summed E-state index contributed by atoms with van der Waals surface area (Å²) in [5.74, 6) is 0.259. The minimum Gasteiger partial charge on any atom is -0.459 e. The van der Waals surface area contributed by atoms with E-state index in [1.54, 1.807) is 25.1 Å². The molecule has 132 valence electrons. The molecule has 0 heterocycles. The van der Waals surface area contributed by atoms with E-state index in [1.165, 1.54) is 6.08 Å².